The number of benzene rings is 5. The Morgan fingerprint density at radius 1 is 0.365 bits per heavy atom. The summed E-state index contributed by atoms with van der Waals surface area (Å²) in [5.74, 6) is 0. The monoisotopic (exact) mass is 792 g/mol. The van der Waals surface area contributed by atoms with Crippen molar-refractivity contribution < 1.29 is 20.6 Å². The standard InChI is InChI=1S/C41H52O5Si6/c1-10-47(3,4)42-50(8,39-31-21-14-22-32-39)45-51(9,43-48(5,6)11-2)46-52(40-33-23-15-24-34-40,41-35-25-16-26-36-41)44-49(7,37-27-17-12-18-28-37)38-29-19-13-20-30-38/h10-36H,1-2H2,3-9H3. The van der Waals surface area contributed by atoms with Crippen LogP contribution >= 0.6 is 0 Å². The van der Waals surface area contributed by atoms with E-state index in [2.05, 4.69) is 174 Å². The zero-order valence-electron chi connectivity index (χ0n) is 31.5. The molecule has 5 rings (SSSR count). The maximum atomic E-state index is 8.04. The maximum Gasteiger partial charge on any atom is 0.470 e. The molecule has 0 aromatic heterocycles. The van der Waals surface area contributed by atoms with Gasteiger partial charge in [0, 0.05) is 6.55 Å². The lowest BCUT2D eigenvalue weighted by molar-refractivity contribution is 0.225. The van der Waals surface area contributed by atoms with Crippen molar-refractivity contribution in [2.45, 2.75) is 45.8 Å². The van der Waals surface area contributed by atoms with Gasteiger partial charge in [-0.1, -0.05) is 163 Å². The van der Waals surface area contributed by atoms with E-state index in [-0.39, 0.29) is 0 Å². The Balaban J connectivity index is 1.81. The van der Waals surface area contributed by atoms with Crippen LogP contribution in [0.2, 0.25) is 45.8 Å². The fraction of sp³-hybridized carbons (Fsp3) is 0.171. The summed E-state index contributed by atoms with van der Waals surface area (Å²) in [4.78, 5) is 0. The summed E-state index contributed by atoms with van der Waals surface area (Å²) in [7, 11) is -18.7. The van der Waals surface area contributed by atoms with Crippen LogP contribution in [0.25, 0.3) is 0 Å². The van der Waals surface area contributed by atoms with Gasteiger partial charge in [0.05, 0.1) is 0 Å². The molecule has 0 heterocycles. The average Bonchev–Trinajstić information content (AvgIpc) is 3.15. The fourth-order valence-corrected chi connectivity index (χ4v) is 33.0. The minimum Gasteiger partial charge on any atom is -0.430 e. The number of hydrogen-bond acceptors (Lipinski definition) is 5. The van der Waals surface area contributed by atoms with E-state index in [1.807, 2.05) is 48.3 Å². The summed E-state index contributed by atoms with van der Waals surface area (Å²) in [5, 5.41) is 5.23. The van der Waals surface area contributed by atoms with Gasteiger partial charge in [-0.05, 0) is 65.2 Å². The van der Waals surface area contributed by atoms with Gasteiger partial charge in [0.15, 0.2) is 8.32 Å². The molecule has 5 aromatic carbocycles. The molecule has 0 saturated heterocycles. The van der Waals surface area contributed by atoms with Crippen LogP contribution in [0, 0.1) is 0 Å². The smallest absolute Gasteiger partial charge is 0.430 e. The molecular weight excluding hydrogens is 741 g/mol. The molecule has 0 amide bonds. The third kappa shape index (κ3) is 9.24. The summed E-state index contributed by atoms with van der Waals surface area (Å²) >= 11 is 0. The summed E-state index contributed by atoms with van der Waals surface area (Å²) in [6, 6.07) is 52.3. The second-order valence-electron chi connectivity index (χ2n) is 14.4. The van der Waals surface area contributed by atoms with E-state index in [9.17, 15) is 0 Å². The van der Waals surface area contributed by atoms with Gasteiger partial charge < -0.3 is 20.6 Å². The molecule has 0 N–H and O–H groups in total. The average molecular weight is 793 g/mol. The molecule has 0 spiro atoms. The summed E-state index contributed by atoms with van der Waals surface area (Å²) in [5.41, 5.74) is 3.90. The Bertz CT molecular complexity index is 1820. The SMILES string of the molecule is C=C[Si](C)(C)O[Si](C)(O[Si](C)(O[Si](C)(C)C=C)c1ccccc1)O[Si](O[Si](C)(c1ccccc1)c1ccccc1)(c1ccccc1)c1ccccc1. The Labute approximate surface area is 317 Å². The first-order valence-electron chi connectivity index (χ1n) is 17.7. The van der Waals surface area contributed by atoms with Crippen LogP contribution in [0.5, 0.6) is 0 Å². The van der Waals surface area contributed by atoms with Gasteiger partial charge >= 0.3 is 25.9 Å². The lowest BCUT2D eigenvalue weighted by Crippen LogP contribution is -2.77. The molecule has 0 aliphatic carbocycles. The summed E-state index contributed by atoms with van der Waals surface area (Å²) < 4.78 is 38.0. The van der Waals surface area contributed by atoms with E-state index in [1.54, 1.807) is 0 Å². The third-order valence-electron chi connectivity index (χ3n) is 9.20. The molecule has 11 heteroatoms. The zero-order valence-corrected chi connectivity index (χ0v) is 37.5. The Morgan fingerprint density at radius 3 is 1.06 bits per heavy atom. The van der Waals surface area contributed by atoms with E-state index in [0.717, 1.165) is 25.9 Å². The molecule has 5 nitrogen and oxygen atoms in total. The predicted octanol–water partition coefficient (Wildman–Crippen LogP) is 7.12. The third-order valence-corrected chi connectivity index (χ3v) is 33.3. The van der Waals surface area contributed by atoms with Crippen LogP contribution in [0.1, 0.15) is 0 Å². The quantitative estimate of drug-likeness (QED) is 0.0940. The second-order valence-corrected chi connectivity index (χ2v) is 35.5. The topological polar surface area (TPSA) is 46.2 Å². The van der Waals surface area contributed by atoms with Gasteiger partial charge in [0.25, 0.3) is 0 Å². The first kappa shape index (κ1) is 39.9. The molecule has 0 aliphatic rings. The minimum absolute atomic E-state index is 0.973. The highest BCUT2D eigenvalue weighted by Gasteiger charge is 2.59. The van der Waals surface area contributed by atoms with Crippen molar-refractivity contribution in [1.29, 1.82) is 0 Å². The fourth-order valence-electron chi connectivity index (χ4n) is 6.44. The zero-order chi connectivity index (χ0) is 37.5. The molecule has 2 atom stereocenters. The van der Waals surface area contributed by atoms with Crippen molar-refractivity contribution in [2.24, 2.45) is 0 Å². The van der Waals surface area contributed by atoms with Gasteiger partial charge in [0.2, 0.25) is 16.6 Å². The maximum absolute atomic E-state index is 8.04. The first-order valence-corrected chi connectivity index (χ1v) is 32.5. The van der Waals surface area contributed by atoms with Crippen molar-refractivity contribution in [3.8, 4) is 0 Å². The van der Waals surface area contributed by atoms with Crippen molar-refractivity contribution in [3.05, 3.63) is 176 Å². The second kappa shape index (κ2) is 16.4. The Hall–Kier alpha value is -3.32. The molecule has 52 heavy (non-hydrogen) atoms. The highest BCUT2D eigenvalue weighted by Crippen LogP contribution is 2.30. The summed E-state index contributed by atoms with van der Waals surface area (Å²) in [6.45, 7) is 23.3. The van der Waals surface area contributed by atoms with E-state index in [4.69, 9.17) is 20.6 Å². The molecule has 2 unspecified atom stereocenters. The van der Waals surface area contributed by atoms with Crippen LogP contribution in [0.15, 0.2) is 176 Å². The van der Waals surface area contributed by atoms with Gasteiger partial charge in [-0.3, -0.25) is 0 Å². The Kier molecular flexibility index (Phi) is 12.6. The van der Waals surface area contributed by atoms with E-state index in [1.165, 1.54) is 0 Å². The van der Waals surface area contributed by atoms with Crippen molar-refractivity contribution in [1.82, 2.24) is 0 Å². The van der Waals surface area contributed by atoms with Crippen LogP contribution in [-0.2, 0) is 20.6 Å². The number of rotatable bonds is 17. The minimum atomic E-state index is -3.77. The molecule has 270 valence electrons. The van der Waals surface area contributed by atoms with E-state index >= 15 is 0 Å². The molecule has 0 saturated carbocycles. The predicted molar refractivity (Wildman–Crippen MR) is 232 cm³/mol. The van der Waals surface area contributed by atoms with Gasteiger partial charge in [-0.2, -0.15) is 0 Å². The van der Waals surface area contributed by atoms with E-state index < -0.39 is 50.9 Å². The molecule has 0 aliphatic heterocycles. The van der Waals surface area contributed by atoms with Gasteiger partial charge in [0.1, 0.15) is 0 Å². The lowest BCUT2D eigenvalue weighted by atomic mass is 10.4. The molecule has 5 aromatic rings. The largest absolute Gasteiger partial charge is 0.470 e. The molecular formula is C41H52O5Si6. The van der Waals surface area contributed by atoms with Crippen molar-refractivity contribution in [2.75, 3.05) is 0 Å². The van der Waals surface area contributed by atoms with Crippen LogP contribution in [0.4, 0.5) is 0 Å². The highest BCUT2D eigenvalue weighted by atomic mass is 28.5. The van der Waals surface area contributed by atoms with Crippen LogP contribution in [-0.4, -0.2) is 50.9 Å². The molecule has 0 radical (unpaired) electrons. The summed E-state index contributed by atoms with van der Waals surface area (Å²) in [6.07, 6.45) is 0. The number of hydrogen-bond donors (Lipinski definition) is 0. The highest BCUT2D eigenvalue weighted by molar-refractivity contribution is 7.08. The molecule has 0 fully saturated rings. The van der Waals surface area contributed by atoms with Crippen molar-refractivity contribution >= 4 is 76.8 Å². The van der Waals surface area contributed by atoms with Crippen LogP contribution < -0.4 is 25.9 Å². The normalized spacial score (nSPS) is 14.9. The molecule has 0 bridgehead atoms. The van der Waals surface area contributed by atoms with E-state index in [0.29, 0.717) is 0 Å². The van der Waals surface area contributed by atoms with Crippen LogP contribution in [0.3, 0.4) is 0 Å². The van der Waals surface area contributed by atoms with Crippen molar-refractivity contribution in [3.63, 3.8) is 0 Å². The van der Waals surface area contributed by atoms with Gasteiger partial charge in [-0.15, -0.1) is 13.2 Å². The first-order chi connectivity index (χ1) is 24.7. The lowest BCUT2D eigenvalue weighted by Gasteiger charge is -2.47. The Morgan fingerprint density at radius 2 is 0.692 bits per heavy atom. The van der Waals surface area contributed by atoms with Gasteiger partial charge in [-0.25, -0.2) is 0 Å².